The number of rotatable bonds is 8. The van der Waals surface area contributed by atoms with E-state index in [1.807, 2.05) is 22.9 Å². The maximum absolute atomic E-state index is 14.0. The number of benzene rings is 2. The SMILES string of the molecule is O=C(O)NCC(F)(F)COc1ccc2c(c1)c(-c1cccc(CO)c1)nn2C1CCCCO1. The molecule has 3 aromatic rings. The highest BCUT2D eigenvalue weighted by molar-refractivity contribution is 5.94. The van der Waals surface area contributed by atoms with Crippen LogP contribution in [-0.2, 0) is 11.3 Å². The summed E-state index contributed by atoms with van der Waals surface area (Å²) >= 11 is 0. The molecule has 0 spiro atoms. The van der Waals surface area contributed by atoms with Gasteiger partial charge in [-0.05, 0) is 49.1 Å². The Morgan fingerprint density at radius 1 is 1.27 bits per heavy atom. The molecule has 33 heavy (non-hydrogen) atoms. The van der Waals surface area contributed by atoms with E-state index in [2.05, 4.69) is 0 Å². The number of carboxylic acid groups (broad SMARTS) is 1. The highest BCUT2D eigenvalue weighted by Gasteiger charge is 2.31. The molecule has 176 valence electrons. The number of aliphatic hydroxyl groups is 1. The molecule has 10 heteroatoms. The minimum Gasteiger partial charge on any atom is -0.487 e. The van der Waals surface area contributed by atoms with Crippen LogP contribution in [0.2, 0.25) is 0 Å². The Labute approximate surface area is 188 Å². The van der Waals surface area contributed by atoms with Gasteiger partial charge in [0, 0.05) is 17.6 Å². The van der Waals surface area contributed by atoms with Crippen molar-refractivity contribution in [2.24, 2.45) is 0 Å². The number of aromatic nitrogens is 2. The van der Waals surface area contributed by atoms with Gasteiger partial charge in [0.1, 0.15) is 11.4 Å². The molecule has 1 aliphatic rings. The molecule has 3 N–H and O–H groups in total. The van der Waals surface area contributed by atoms with Crippen molar-refractivity contribution in [3.63, 3.8) is 0 Å². The van der Waals surface area contributed by atoms with Crippen molar-refractivity contribution >= 4 is 17.0 Å². The van der Waals surface area contributed by atoms with Crippen molar-refractivity contribution in [3.8, 4) is 17.0 Å². The van der Waals surface area contributed by atoms with Gasteiger partial charge < -0.3 is 25.0 Å². The fourth-order valence-electron chi connectivity index (χ4n) is 3.82. The monoisotopic (exact) mass is 461 g/mol. The molecule has 0 saturated carbocycles. The van der Waals surface area contributed by atoms with E-state index in [4.69, 9.17) is 19.7 Å². The Kier molecular flexibility index (Phi) is 6.75. The van der Waals surface area contributed by atoms with Gasteiger partial charge in [0.05, 0.1) is 18.7 Å². The summed E-state index contributed by atoms with van der Waals surface area (Å²) in [6.45, 7) is -1.50. The third-order valence-electron chi connectivity index (χ3n) is 5.44. The van der Waals surface area contributed by atoms with Gasteiger partial charge in [-0.15, -0.1) is 0 Å². The predicted octanol–water partition coefficient (Wildman–Crippen LogP) is 4.18. The van der Waals surface area contributed by atoms with Crippen molar-refractivity contribution in [2.45, 2.75) is 38.0 Å². The first-order valence-corrected chi connectivity index (χ1v) is 10.7. The van der Waals surface area contributed by atoms with Crippen LogP contribution >= 0.6 is 0 Å². The van der Waals surface area contributed by atoms with Crippen LogP contribution in [0.25, 0.3) is 22.2 Å². The van der Waals surface area contributed by atoms with Crippen molar-refractivity contribution in [1.29, 1.82) is 0 Å². The average Bonchev–Trinajstić information content (AvgIpc) is 3.21. The number of nitrogens with one attached hydrogen (secondary N) is 1. The lowest BCUT2D eigenvalue weighted by molar-refractivity contribution is -0.0378. The Bertz CT molecular complexity index is 1130. The molecule has 0 bridgehead atoms. The average molecular weight is 461 g/mol. The lowest BCUT2D eigenvalue weighted by Gasteiger charge is -2.23. The number of nitrogens with zero attached hydrogens (tertiary/aromatic N) is 2. The van der Waals surface area contributed by atoms with Crippen molar-refractivity contribution in [1.82, 2.24) is 15.1 Å². The normalized spacial score (nSPS) is 16.6. The minimum absolute atomic E-state index is 0.119. The van der Waals surface area contributed by atoms with Crippen molar-refractivity contribution in [3.05, 3.63) is 48.0 Å². The molecule has 0 aliphatic carbocycles. The minimum atomic E-state index is -3.37. The maximum atomic E-state index is 14.0. The molecule has 4 rings (SSSR count). The highest BCUT2D eigenvalue weighted by atomic mass is 19.3. The molecule has 0 radical (unpaired) electrons. The Morgan fingerprint density at radius 3 is 2.85 bits per heavy atom. The zero-order valence-corrected chi connectivity index (χ0v) is 17.8. The molecule has 1 fully saturated rings. The van der Waals surface area contributed by atoms with Gasteiger partial charge in [0.2, 0.25) is 0 Å². The molecule has 1 atom stereocenters. The number of amides is 1. The summed E-state index contributed by atoms with van der Waals surface area (Å²) in [6, 6.07) is 12.3. The van der Waals surface area contributed by atoms with Gasteiger partial charge in [-0.1, -0.05) is 18.2 Å². The smallest absolute Gasteiger partial charge is 0.404 e. The van der Waals surface area contributed by atoms with E-state index >= 15 is 0 Å². The van der Waals surface area contributed by atoms with Crippen molar-refractivity contribution in [2.75, 3.05) is 19.8 Å². The van der Waals surface area contributed by atoms with Crippen LogP contribution in [0.1, 0.15) is 31.1 Å². The van der Waals surface area contributed by atoms with Crippen LogP contribution in [-0.4, -0.2) is 51.8 Å². The second-order valence-electron chi connectivity index (χ2n) is 7.96. The Morgan fingerprint density at radius 2 is 2.12 bits per heavy atom. The number of ether oxygens (including phenoxy) is 2. The fourth-order valence-corrected chi connectivity index (χ4v) is 3.82. The summed E-state index contributed by atoms with van der Waals surface area (Å²) in [4.78, 5) is 10.5. The number of hydrogen-bond acceptors (Lipinski definition) is 5. The molecule has 1 aliphatic heterocycles. The number of fused-ring (bicyclic) bond motifs is 1. The summed E-state index contributed by atoms with van der Waals surface area (Å²) in [7, 11) is 0. The first-order chi connectivity index (χ1) is 15.9. The van der Waals surface area contributed by atoms with Gasteiger partial charge in [0.25, 0.3) is 5.92 Å². The predicted molar refractivity (Wildman–Crippen MR) is 116 cm³/mol. The second-order valence-corrected chi connectivity index (χ2v) is 7.96. The number of aliphatic hydroxyl groups excluding tert-OH is 1. The Hall–Kier alpha value is -3.24. The van der Waals surface area contributed by atoms with Gasteiger partial charge in [0.15, 0.2) is 12.8 Å². The summed E-state index contributed by atoms with van der Waals surface area (Å²) in [5, 5.41) is 25.2. The van der Waals surface area contributed by atoms with E-state index in [9.17, 15) is 18.7 Å². The van der Waals surface area contributed by atoms with E-state index in [1.165, 1.54) is 0 Å². The van der Waals surface area contributed by atoms with Gasteiger partial charge in [-0.3, -0.25) is 0 Å². The first-order valence-electron chi connectivity index (χ1n) is 10.7. The molecule has 2 aromatic carbocycles. The van der Waals surface area contributed by atoms with E-state index in [0.717, 1.165) is 35.9 Å². The zero-order chi connectivity index (χ0) is 23.4. The third kappa shape index (κ3) is 5.40. The van der Waals surface area contributed by atoms with E-state index in [-0.39, 0.29) is 18.6 Å². The topological polar surface area (TPSA) is 106 Å². The van der Waals surface area contributed by atoms with Crippen LogP contribution in [0.4, 0.5) is 13.6 Å². The van der Waals surface area contributed by atoms with E-state index in [1.54, 1.807) is 29.6 Å². The highest BCUT2D eigenvalue weighted by Crippen LogP contribution is 2.35. The van der Waals surface area contributed by atoms with E-state index in [0.29, 0.717) is 17.7 Å². The fraction of sp³-hybridized carbons (Fsp3) is 0.391. The summed E-state index contributed by atoms with van der Waals surface area (Å²) < 4.78 is 40.9. The molecule has 8 nitrogen and oxygen atoms in total. The lowest BCUT2D eigenvalue weighted by Crippen LogP contribution is -2.39. The standard InChI is InChI=1S/C23H25F2N3O5/c24-23(25,13-26-22(30)31)14-33-17-7-8-19-18(11-17)21(16-5-3-4-15(10-16)12-29)27-28(19)20-6-1-2-9-32-20/h3-5,7-8,10-11,20,26,29H,1-2,6,9,12-14H2,(H,30,31). The summed E-state index contributed by atoms with van der Waals surface area (Å²) in [5.41, 5.74) is 2.90. The molecule has 1 aromatic heterocycles. The quantitative estimate of drug-likeness (QED) is 0.465. The molecular weight excluding hydrogens is 436 g/mol. The lowest BCUT2D eigenvalue weighted by atomic mass is 10.1. The summed E-state index contributed by atoms with van der Waals surface area (Å²) in [6.07, 6.45) is 1.07. The maximum Gasteiger partial charge on any atom is 0.404 e. The summed E-state index contributed by atoms with van der Waals surface area (Å²) in [5.74, 6) is -3.16. The number of halogens is 2. The van der Waals surface area contributed by atoms with Crippen LogP contribution in [0, 0.1) is 0 Å². The molecule has 1 saturated heterocycles. The first kappa shape index (κ1) is 22.9. The number of carbonyl (C=O) groups is 1. The molecular formula is C23H25F2N3O5. The largest absolute Gasteiger partial charge is 0.487 e. The Balaban J connectivity index is 1.68. The van der Waals surface area contributed by atoms with Gasteiger partial charge in [-0.25, -0.2) is 18.3 Å². The zero-order valence-electron chi connectivity index (χ0n) is 17.8. The molecule has 2 heterocycles. The number of alkyl halides is 2. The molecule has 1 unspecified atom stereocenters. The van der Waals surface area contributed by atoms with Crippen molar-refractivity contribution < 1.29 is 33.3 Å². The van der Waals surface area contributed by atoms with Crippen LogP contribution in [0.3, 0.4) is 0 Å². The number of hydrogen-bond donors (Lipinski definition) is 3. The molecule has 1 amide bonds. The van der Waals surface area contributed by atoms with Crippen LogP contribution < -0.4 is 10.1 Å². The second kappa shape index (κ2) is 9.72. The van der Waals surface area contributed by atoms with Crippen LogP contribution in [0.15, 0.2) is 42.5 Å². The van der Waals surface area contributed by atoms with E-state index < -0.39 is 25.2 Å². The van der Waals surface area contributed by atoms with Crippen LogP contribution in [0.5, 0.6) is 5.75 Å². The van der Waals surface area contributed by atoms with Gasteiger partial charge in [-0.2, -0.15) is 5.10 Å². The third-order valence-corrected chi connectivity index (χ3v) is 5.44. The van der Waals surface area contributed by atoms with Gasteiger partial charge >= 0.3 is 6.09 Å².